The molecule has 0 aromatic carbocycles. The highest BCUT2D eigenvalue weighted by atomic mass is 16.5. The fraction of sp³-hybridized carbons (Fsp3) is 1.00. The van der Waals surface area contributed by atoms with Crippen LogP contribution in [-0.2, 0) is 14.2 Å². The fourth-order valence-corrected chi connectivity index (χ4v) is 10.2. The monoisotopic (exact) mass is 599 g/mol. The van der Waals surface area contributed by atoms with Crippen molar-refractivity contribution in [3.63, 3.8) is 0 Å². The Morgan fingerprint density at radius 2 is 1.47 bits per heavy atom. The molecule has 4 rings (SSSR count). The molecule has 0 amide bonds. The molecule has 0 spiro atoms. The van der Waals surface area contributed by atoms with Crippen molar-refractivity contribution in [1.82, 2.24) is 0 Å². The molecule has 0 aromatic rings. The molecule has 4 aliphatic rings. The first-order chi connectivity index (χ1) is 20.8. The Balaban J connectivity index is 1.65. The van der Waals surface area contributed by atoms with Gasteiger partial charge in [0, 0.05) is 39.8 Å². The van der Waals surface area contributed by atoms with E-state index in [9.17, 15) is 0 Å². The summed E-state index contributed by atoms with van der Waals surface area (Å²) in [6.45, 7) is 12.2. The van der Waals surface area contributed by atoms with Crippen molar-refractivity contribution in [3.05, 3.63) is 31.3 Å². The van der Waals surface area contributed by atoms with E-state index < -0.39 is 0 Å². The van der Waals surface area contributed by atoms with Crippen LogP contribution in [-0.4, -0.2) is 57.8 Å². The number of rotatable bonds is 16. The molecule has 240 valence electrons. The predicted molar refractivity (Wildman–Crippen MR) is 166 cm³/mol. The van der Waals surface area contributed by atoms with Gasteiger partial charge in [-0.05, 0) is 102 Å². The van der Waals surface area contributed by atoms with Crippen molar-refractivity contribution >= 4 is 0 Å². The number of hydrogen-bond donors (Lipinski definition) is 0. The van der Waals surface area contributed by atoms with Gasteiger partial charge in [-0.1, -0.05) is 62.3 Å². The summed E-state index contributed by atoms with van der Waals surface area (Å²) in [4.78, 5) is 8.77. The lowest BCUT2D eigenvalue weighted by Gasteiger charge is -2.64. The van der Waals surface area contributed by atoms with Crippen LogP contribution in [0.3, 0.4) is 0 Å². The molecule has 11 atom stereocenters. The van der Waals surface area contributed by atoms with Crippen LogP contribution in [0.4, 0.5) is 0 Å². The molecule has 0 heterocycles. The number of nitrogens with zero attached hydrogens (tertiary/aromatic N) is 9. The summed E-state index contributed by atoms with van der Waals surface area (Å²) >= 11 is 0. The molecule has 0 radical (unpaired) electrons. The van der Waals surface area contributed by atoms with Gasteiger partial charge in [0.05, 0.1) is 38.1 Å². The predicted octanol–water partition coefficient (Wildman–Crippen LogP) is 8.78. The van der Waals surface area contributed by atoms with Gasteiger partial charge in [0.2, 0.25) is 0 Å². The number of ether oxygens (including phenoxy) is 3. The second-order valence-electron chi connectivity index (χ2n) is 14.0. The van der Waals surface area contributed by atoms with Crippen molar-refractivity contribution in [3.8, 4) is 0 Å². The Morgan fingerprint density at radius 3 is 2.12 bits per heavy atom. The maximum Gasteiger partial charge on any atom is 0.0637 e. The van der Waals surface area contributed by atoms with Crippen LogP contribution in [0.5, 0.6) is 0 Å². The smallest absolute Gasteiger partial charge is 0.0637 e. The first kappa shape index (κ1) is 33.7. The van der Waals surface area contributed by atoms with E-state index in [1.54, 1.807) is 0 Å². The van der Waals surface area contributed by atoms with E-state index in [0.29, 0.717) is 75.0 Å². The summed E-state index contributed by atoms with van der Waals surface area (Å²) in [7, 11) is 0. The van der Waals surface area contributed by atoms with Crippen LogP contribution in [0.2, 0.25) is 0 Å². The van der Waals surface area contributed by atoms with Gasteiger partial charge < -0.3 is 14.2 Å². The van der Waals surface area contributed by atoms with E-state index in [-0.39, 0.29) is 29.1 Å². The van der Waals surface area contributed by atoms with E-state index in [1.807, 2.05) is 0 Å². The molecule has 0 bridgehead atoms. The zero-order chi connectivity index (χ0) is 30.9. The molecule has 1 unspecified atom stereocenters. The van der Waals surface area contributed by atoms with Crippen LogP contribution < -0.4 is 0 Å². The Morgan fingerprint density at radius 1 is 0.814 bits per heavy atom. The van der Waals surface area contributed by atoms with E-state index in [1.165, 1.54) is 32.1 Å². The van der Waals surface area contributed by atoms with Crippen LogP contribution in [0.15, 0.2) is 15.3 Å². The number of hydrogen-bond acceptors (Lipinski definition) is 6. The van der Waals surface area contributed by atoms with Crippen LogP contribution in [0.1, 0.15) is 91.9 Å². The summed E-state index contributed by atoms with van der Waals surface area (Å²) in [6.07, 6.45) is 11.6. The second kappa shape index (κ2) is 15.7. The summed E-state index contributed by atoms with van der Waals surface area (Å²) in [5.74, 6) is 3.04. The molecule has 4 saturated carbocycles. The van der Waals surface area contributed by atoms with Gasteiger partial charge >= 0.3 is 0 Å². The lowest BCUT2D eigenvalue weighted by Crippen LogP contribution is -2.63. The fourth-order valence-electron chi connectivity index (χ4n) is 10.2. The zero-order valence-corrected chi connectivity index (χ0v) is 26.8. The van der Waals surface area contributed by atoms with Crippen molar-refractivity contribution in [1.29, 1.82) is 0 Å². The molecule has 0 aromatic heterocycles. The number of unbranched alkanes of at least 4 members (excludes halogenated alkanes) is 1. The first-order valence-electron chi connectivity index (χ1n) is 16.7. The quantitative estimate of drug-likeness (QED) is 0.0747. The molecular formula is C31H53N9O3. The maximum atomic E-state index is 8.89. The van der Waals surface area contributed by atoms with Crippen molar-refractivity contribution in [2.45, 2.75) is 110 Å². The van der Waals surface area contributed by atoms with Crippen LogP contribution in [0, 0.1) is 46.3 Å². The SMILES string of the molecule is CCCC[C@@H](C)[C@H]1CC[C@H]2[C@@H]3[C@H](OCCN=[N+]=[N-])C[C@@H]4CC(OCCN=[N+]=[N-])CC[C@]4(C)[C@H]3C[C@H](OCCN=[N+]=[N-])[C@]12C. The molecule has 0 saturated heterocycles. The number of fused-ring (bicyclic) bond motifs is 5. The highest BCUT2D eigenvalue weighted by Crippen LogP contribution is 2.69. The third-order valence-corrected chi connectivity index (χ3v) is 12.2. The highest BCUT2D eigenvalue weighted by Gasteiger charge is 2.66. The molecule has 43 heavy (non-hydrogen) atoms. The third-order valence-electron chi connectivity index (χ3n) is 12.2. The van der Waals surface area contributed by atoms with E-state index in [0.717, 1.165) is 32.1 Å². The summed E-state index contributed by atoms with van der Waals surface area (Å²) in [5.41, 5.74) is 26.6. The first-order valence-corrected chi connectivity index (χ1v) is 16.7. The minimum atomic E-state index is 0.0296. The van der Waals surface area contributed by atoms with Gasteiger partial charge in [-0.25, -0.2) is 0 Å². The molecule has 12 nitrogen and oxygen atoms in total. The Kier molecular flexibility index (Phi) is 12.3. The van der Waals surface area contributed by atoms with Crippen molar-refractivity contribution < 1.29 is 14.2 Å². The minimum Gasteiger partial charge on any atom is -0.378 e. The Bertz CT molecular complexity index is 1060. The highest BCUT2D eigenvalue weighted by molar-refractivity contribution is 5.15. The van der Waals surface area contributed by atoms with Gasteiger partial charge in [-0.2, -0.15) is 0 Å². The van der Waals surface area contributed by atoms with Gasteiger partial charge in [0.1, 0.15) is 0 Å². The second-order valence-corrected chi connectivity index (χ2v) is 14.0. The van der Waals surface area contributed by atoms with Crippen molar-refractivity contribution in [2.75, 3.05) is 39.5 Å². The molecular weight excluding hydrogens is 546 g/mol. The topological polar surface area (TPSA) is 174 Å². The zero-order valence-electron chi connectivity index (χ0n) is 26.8. The summed E-state index contributed by atoms with van der Waals surface area (Å²) < 4.78 is 19.7. The van der Waals surface area contributed by atoms with Crippen molar-refractivity contribution in [2.24, 2.45) is 61.7 Å². The molecule has 4 aliphatic carbocycles. The molecule has 0 aliphatic heterocycles. The average molecular weight is 600 g/mol. The van der Waals surface area contributed by atoms with E-state index in [4.69, 9.17) is 30.8 Å². The normalized spacial score (nSPS) is 38.8. The lowest BCUT2D eigenvalue weighted by molar-refractivity contribution is -0.226. The van der Waals surface area contributed by atoms with Crippen LogP contribution in [0.25, 0.3) is 31.3 Å². The van der Waals surface area contributed by atoms with E-state index in [2.05, 4.69) is 57.8 Å². The molecule has 0 N–H and O–H groups in total. The summed E-state index contributed by atoms with van der Waals surface area (Å²) in [6, 6.07) is 0. The summed E-state index contributed by atoms with van der Waals surface area (Å²) in [5, 5.41) is 11.2. The Labute approximate surface area is 256 Å². The Hall–Kier alpha value is -2.19. The number of azide groups is 3. The van der Waals surface area contributed by atoms with E-state index >= 15 is 0 Å². The van der Waals surface area contributed by atoms with Gasteiger partial charge in [0.25, 0.3) is 0 Å². The van der Waals surface area contributed by atoms with Gasteiger partial charge in [0.15, 0.2) is 0 Å². The third kappa shape index (κ3) is 7.22. The standard InChI is InChI=1S/C31H53N9O3/c1-5-6-7-21(2)24-8-9-25-29-26(20-28(31(24,25)4)43-17-14-37-40-34)30(3)11-10-23(41-15-12-35-38-32)18-22(30)19-27(29)42-16-13-36-39-33/h21-29H,5-20H2,1-4H3/t21-,22+,23?,24-,25+,26+,27-,28+,29+,30+,31-/m1/s1. The lowest BCUT2D eigenvalue weighted by atomic mass is 9.43. The van der Waals surface area contributed by atoms with Crippen LogP contribution >= 0.6 is 0 Å². The molecule has 4 fully saturated rings. The largest absolute Gasteiger partial charge is 0.378 e. The van der Waals surface area contributed by atoms with Gasteiger partial charge in [-0.15, -0.1) is 0 Å². The molecule has 12 heteroatoms. The average Bonchev–Trinajstić information content (AvgIpc) is 3.37. The van der Waals surface area contributed by atoms with Gasteiger partial charge in [-0.3, -0.25) is 0 Å². The maximum absolute atomic E-state index is 8.89. The minimum absolute atomic E-state index is 0.0296.